The summed E-state index contributed by atoms with van der Waals surface area (Å²) in [7, 11) is 0. The van der Waals surface area contributed by atoms with Crippen molar-refractivity contribution in [1.82, 2.24) is 10.6 Å². The van der Waals surface area contributed by atoms with Gasteiger partial charge in [-0.3, -0.25) is 9.59 Å². The van der Waals surface area contributed by atoms with Crippen LogP contribution >= 0.6 is 0 Å². The summed E-state index contributed by atoms with van der Waals surface area (Å²) in [6.07, 6.45) is 3.29. The molecule has 1 aliphatic carbocycles. The highest BCUT2D eigenvalue weighted by molar-refractivity contribution is 6.35. The standard InChI is InChI=1S/C12H20N2O4/c15-10-4-5-18-7-9(10)14-12(17)11(16)13-6-8-2-1-3-8/h8-10,15H,1-7H2,(H,13,16)(H,14,17). The lowest BCUT2D eigenvalue weighted by Crippen LogP contribution is -2.53. The van der Waals surface area contributed by atoms with Crippen LogP contribution in [-0.4, -0.2) is 48.8 Å². The Morgan fingerprint density at radius 3 is 2.61 bits per heavy atom. The first-order chi connectivity index (χ1) is 8.66. The molecule has 0 radical (unpaired) electrons. The van der Waals surface area contributed by atoms with E-state index in [-0.39, 0.29) is 6.61 Å². The Balaban J connectivity index is 1.70. The summed E-state index contributed by atoms with van der Waals surface area (Å²) in [5, 5.41) is 14.8. The van der Waals surface area contributed by atoms with Gasteiger partial charge >= 0.3 is 11.8 Å². The zero-order valence-corrected chi connectivity index (χ0v) is 10.4. The largest absolute Gasteiger partial charge is 0.391 e. The second-order valence-electron chi connectivity index (χ2n) is 5.02. The highest BCUT2D eigenvalue weighted by Gasteiger charge is 2.28. The van der Waals surface area contributed by atoms with Crippen LogP contribution in [-0.2, 0) is 14.3 Å². The van der Waals surface area contributed by atoms with Crippen molar-refractivity contribution in [1.29, 1.82) is 0 Å². The minimum Gasteiger partial charge on any atom is -0.391 e. The van der Waals surface area contributed by atoms with Crippen LogP contribution in [0.15, 0.2) is 0 Å². The SMILES string of the molecule is O=C(NCC1CCC1)C(=O)NC1COCCC1O. The van der Waals surface area contributed by atoms with Gasteiger partial charge in [-0.05, 0) is 25.2 Å². The molecule has 1 heterocycles. The number of carbonyl (C=O) groups excluding carboxylic acids is 2. The molecule has 102 valence electrons. The Morgan fingerprint density at radius 2 is 2.00 bits per heavy atom. The van der Waals surface area contributed by atoms with Crippen molar-refractivity contribution < 1.29 is 19.4 Å². The van der Waals surface area contributed by atoms with Gasteiger partial charge in [0.15, 0.2) is 0 Å². The third kappa shape index (κ3) is 3.43. The number of amides is 2. The maximum atomic E-state index is 11.6. The topological polar surface area (TPSA) is 87.7 Å². The van der Waals surface area contributed by atoms with Crippen LogP contribution in [0, 0.1) is 5.92 Å². The number of aliphatic hydroxyl groups excluding tert-OH is 1. The summed E-state index contributed by atoms with van der Waals surface area (Å²) in [6, 6.07) is -0.485. The van der Waals surface area contributed by atoms with Gasteiger partial charge in [-0.1, -0.05) is 6.42 Å². The molecule has 0 aromatic heterocycles. The summed E-state index contributed by atoms with van der Waals surface area (Å²) < 4.78 is 5.15. The molecule has 1 aliphatic heterocycles. The fourth-order valence-electron chi connectivity index (χ4n) is 2.11. The van der Waals surface area contributed by atoms with E-state index in [0.29, 0.717) is 25.5 Å². The van der Waals surface area contributed by atoms with Crippen molar-refractivity contribution in [2.75, 3.05) is 19.8 Å². The first kappa shape index (κ1) is 13.3. The van der Waals surface area contributed by atoms with Crippen molar-refractivity contribution >= 4 is 11.8 Å². The van der Waals surface area contributed by atoms with Crippen LogP contribution in [0.3, 0.4) is 0 Å². The molecule has 0 aromatic carbocycles. The number of hydrogen-bond donors (Lipinski definition) is 3. The molecular formula is C12H20N2O4. The van der Waals surface area contributed by atoms with Gasteiger partial charge in [0.05, 0.1) is 18.8 Å². The summed E-state index contributed by atoms with van der Waals surface area (Å²) in [4.78, 5) is 23.1. The second-order valence-corrected chi connectivity index (χ2v) is 5.02. The van der Waals surface area contributed by atoms with E-state index < -0.39 is 24.0 Å². The van der Waals surface area contributed by atoms with Gasteiger partial charge < -0.3 is 20.5 Å². The molecule has 2 fully saturated rings. The minimum absolute atomic E-state index is 0.253. The lowest BCUT2D eigenvalue weighted by molar-refractivity contribution is -0.141. The number of carbonyl (C=O) groups is 2. The molecule has 1 saturated heterocycles. The number of hydrogen-bond acceptors (Lipinski definition) is 4. The number of nitrogens with one attached hydrogen (secondary N) is 2. The molecule has 2 amide bonds. The molecule has 0 spiro atoms. The van der Waals surface area contributed by atoms with Crippen molar-refractivity contribution in [3.05, 3.63) is 0 Å². The van der Waals surface area contributed by atoms with E-state index in [1.165, 1.54) is 6.42 Å². The van der Waals surface area contributed by atoms with Gasteiger partial charge in [0, 0.05) is 13.2 Å². The summed E-state index contributed by atoms with van der Waals surface area (Å²) in [5.74, 6) is -0.797. The maximum absolute atomic E-state index is 11.6. The molecule has 1 saturated carbocycles. The summed E-state index contributed by atoms with van der Waals surface area (Å²) >= 11 is 0. The van der Waals surface area contributed by atoms with Crippen molar-refractivity contribution in [3.63, 3.8) is 0 Å². The summed E-state index contributed by atoms with van der Waals surface area (Å²) in [5.41, 5.74) is 0. The van der Waals surface area contributed by atoms with Crippen molar-refractivity contribution in [3.8, 4) is 0 Å². The van der Waals surface area contributed by atoms with E-state index in [1.54, 1.807) is 0 Å². The molecule has 3 N–H and O–H groups in total. The van der Waals surface area contributed by atoms with Crippen LogP contribution in [0.4, 0.5) is 0 Å². The molecule has 2 atom stereocenters. The smallest absolute Gasteiger partial charge is 0.309 e. The molecule has 2 aliphatic rings. The quantitative estimate of drug-likeness (QED) is 0.575. The monoisotopic (exact) mass is 256 g/mol. The predicted octanol–water partition coefficient (Wildman–Crippen LogP) is -0.831. The van der Waals surface area contributed by atoms with Gasteiger partial charge in [-0.25, -0.2) is 0 Å². The van der Waals surface area contributed by atoms with Crippen molar-refractivity contribution in [2.24, 2.45) is 5.92 Å². The van der Waals surface area contributed by atoms with Gasteiger partial charge in [0.1, 0.15) is 0 Å². The molecule has 2 unspecified atom stereocenters. The zero-order chi connectivity index (χ0) is 13.0. The van der Waals surface area contributed by atoms with Gasteiger partial charge in [0.2, 0.25) is 0 Å². The van der Waals surface area contributed by atoms with E-state index >= 15 is 0 Å². The van der Waals surface area contributed by atoms with E-state index in [4.69, 9.17) is 4.74 Å². The average Bonchev–Trinajstić information content (AvgIpc) is 2.30. The maximum Gasteiger partial charge on any atom is 0.309 e. The molecule has 18 heavy (non-hydrogen) atoms. The van der Waals surface area contributed by atoms with Crippen LogP contribution in [0.5, 0.6) is 0 Å². The first-order valence-corrected chi connectivity index (χ1v) is 6.51. The van der Waals surface area contributed by atoms with Crippen LogP contribution in [0.2, 0.25) is 0 Å². The van der Waals surface area contributed by atoms with Gasteiger partial charge in [0.25, 0.3) is 0 Å². The van der Waals surface area contributed by atoms with Crippen LogP contribution < -0.4 is 10.6 Å². The lowest BCUT2D eigenvalue weighted by Gasteiger charge is -2.28. The summed E-state index contributed by atoms with van der Waals surface area (Å²) in [6.45, 7) is 1.31. The minimum atomic E-state index is -0.691. The van der Waals surface area contributed by atoms with E-state index in [0.717, 1.165) is 12.8 Å². The number of aliphatic hydroxyl groups is 1. The Labute approximate surface area is 106 Å². The number of ether oxygens (including phenoxy) is 1. The highest BCUT2D eigenvalue weighted by atomic mass is 16.5. The molecule has 0 aromatic rings. The van der Waals surface area contributed by atoms with Crippen LogP contribution in [0.1, 0.15) is 25.7 Å². The molecule has 6 nitrogen and oxygen atoms in total. The number of rotatable bonds is 3. The van der Waals surface area contributed by atoms with E-state index in [2.05, 4.69) is 10.6 Å². The Hall–Kier alpha value is -1.14. The lowest BCUT2D eigenvalue weighted by atomic mass is 9.85. The Bertz CT molecular complexity index is 317. The van der Waals surface area contributed by atoms with Crippen molar-refractivity contribution in [2.45, 2.75) is 37.8 Å². The predicted molar refractivity (Wildman–Crippen MR) is 63.7 cm³/mol. The Morgan fingerprint density at radius 1 is 1.22 bits per heavy atom. The fraction of sp³-hybridized carbons (Fsp3) is 0.833. The van der Waals surface area contributed by atoms with Crippen LogP contribution in [0.25, 0.3) is 0 Å². The molecular weight excluding hydrogens is 236 g/mol. The molecule has 6 heteroatoms. The zero-order valence-electron chi connectivity index (χ0n) is 10.4. The Kier molecular flexibility index (Phi) is 4.54. The normalized spacial score (nSPS) is 28.3. The van der Waals surface area contributed by atoms with Gasteiger partial charge in [-0.15, -0.1) is 0 Å². The van der Waals surface area contributed by atoms with E-state index in [9.17, 15) is 14.7 Å². The third-order valence-corrected chi connectivity index (χ3v) is 3.62. The van der Waals surface area contributed by atoms with E-state index in [1.807, 2.05) is 0 Å². The fourth-order valence-corrected chi connectivity index (χ4v) is 2.11. The first-order valence-electron chi connectivity index (χ1n) is 6.51. The second kappa shape index (κ2) is 6.15. The molecule has 2 rings (SSSR count). The van der Waals surface area contributed by atoms with Gasteiger partial charge in [-0.2, -0.15) is 0 Å². The molecule has 0 bridgehead atoms. The average molecular weight is 256 g/mol. The highest BCUT2D eigenvalue weighted by Crippen LogP contribution is 2.24. The third-order valence-electron chi connectivity index (χ3n) is 3.62.